The zero-order valence-electron chi connectivity index (χ0n) is 10.0. The molecular weight excluding hydrogens is 234 g/mol. The van der Waals surface area contributed by atoms with E-state index < -0.39 is 0 Å². The van der Waals surface area contributed by atoms with Crippen molar-refractivity contribution in [3.8, 4) is 0 Å². The molecule has 0 bridgehead atoms. The maximum absolute atomic E-state index is 6.29. The van der Waals surface area contributed by atoms with E-state index in [2.05, 4.69) is 18.1 Å². The van der Waals surface area contributed by atoms with Gasteiger partial charge in [-0.15, -0.1) is 0 Å². The Bertz CT molecular complexity index is 500. The number of halogens is 1. The van der Waals surface area contributed by atoms with Crippen LogP contribution in [0, 0.1) is 0 Å². The maximum Gasteiger partial charge on any atom is 0.0837 e. The molecule has 1 aromatic heterocycles. The van der Waals surface area contributed by atoms with E-state index >= 15 is 0 Å². The Balaban J connectivity index is 2.47. The second kappa shape index (κ2) is 4.90. The topological polar surface area (TPSA) is 43.8 Å². The van der Waals surface area contributed by atoms with Crippen LogP contribution in [-0.2, 0) is 13.5 Å². The molecule has 0 radical (unpaired) electrons. The van der Waals surface area contributed by atoms with E-state index in [1.807, 2.05) is 25.2 Å². The fourth-order valence-corrected chi connectivity index (χ4v) is 2.36. The van der Waals surface area contributed by atoms with E-state index in [1.54, 1.807) is 10.9 Å². The molecule has 0 aliphatic rings. The molecule has 0 spiro atoms. The smallest absolute Gasteiger partial charge is 0.0837 e. The molecule has 17 heavy (non-hydrogen) atoms. The van der Waals surface area contributed by atoms with Crippen molar-refractivity contribution < 1.29 is 0 Å². The lowest BCUT2D eigenvalue weighted by atomic mass is 9.97. The summed E-state index contributed by atoms with van der Waals surface area (Å²) in [6.45, 7) is 2.12. The zero-order chi connectivity index (χ0) is 12.4. The number of nitrogens with two attached hydrogens (primary N) is 1. The van der Waals surface area contributed by atoms with Crippen molar-refractivity contribution in [2.45, 2.75) is 19.4 Å². The molecule has 3 nitrogen and oxygen atoms in total. The van der Waals surface area contributed by atoms with Crippen LogP contribution < -0.4 is 5.73 Å². The number of benzene rings is 1. The molecule has 0 saturated carbocycles. The first-order valence-electron chi connectivity index (χ1n) is 5.66. The minimum absolute atomic E-state index is 0.230. The third-order valence-corrected chi connectivity index (χ3v) is 3.29. The first kappa shape index (κ1) is 12.1. The highest BCUT2D eigenvalue weighted by molar-refractivity contribution is 6.31. The van der Waals surface area contributed by atoms with Crippen molar-refractivity contribution >= 4 is 11.6 Å². The summed E-state index contributed by atoms with van der Waals surface area (Å²) in [5.41, 5.74) is 9.51. The summed E-state index contributed by atoms with van der Waals surface area (Å²) in [5.74, 6) is 0. The standard InChI is InChI=1S/C13H16ClN3/c1-3-9-6-4-5-7-10(9)12(15)13-11(14)8-16-17(13)2/h4-8,12H,3,15H2,1-2H3. The van der Waals surface area contributed by atoms with Crippen molar-refractivity contribution in [1.29, 1.82) is 0 Å². The molecule has 1 aromatic carbocycles. The Hall–Kier alpha value is -1.32. The quantitative estimate of drug-likeness (QED) is 0.909. The van der Waals surface area contributed by atoms with Gasteiger partial charge in [0.15, 0.2) is 0 Å². The fraction of sp³-hybridized carbons (Fsp3) is 0.308. The van der Waals surface area contributed by atoms with Gasteiger partial charge in [0.05, 0.1) is 23.0 Å². The number of aromatic nitrogens is 2. The molecule has 1 heterocycles. The van der Waals surface area contributed by atoms with Crippen molar-refractivity contribution in [2.24, 2.45) is 12.8 Å². The Morgan fingerprint density at radius 1 is 1.41 bits per heavy atom. The molecule has 2 N–H and O–H groups in total. The van der Waals surface area contributed by atoms with Crippen molar-refractivity contribution in [3.05, 3.63) is 52.3 Å². The van der Waals surface area contributed by atoms with Gasteiger partial charge in [0.2, 0.25) is 0 Å². The summed E-state index contributed by atoms with van der Waals surface area (Å²) in [7, 11) is 1.86. The zero-order valence-corrected chi connectivity index (χ0v) is 10.8. The monoisotopic (exact) mass is 249 g/mol. The largest absolute Gasteiger partial charge is 0.319 e. The summed E-state index contributed by atoms with van der Waals surface area (Å²) in [4.78, 5) is 0. The van der Waals surface area contributed by atoms with E-state index in [4.69, 9.17) is 17.3 Å². The molecule has 0 fully saturated rings. The van der Waals surface area contributed by atoms with Gasteiger partial charge in [-0.25, -0.2) is 0 Å². The second-order valence-corrected chi connectivity index (χ2v) is 4.44. The Kier molecular flexibility index (Phi) is 3.50. The highest BCUT2D eigenvalue weighted by Crippen LogP contribution is 2.27. The van der Waals surface area contributed by atoms with E-state index in [9.17, 15) is 0 Å². The van der Waals surface area contributed by atoms with Crippen LogP contribution in [0.3, 0.4) is 0 Å². The molecule has 0 amide bonds. The SMILES string of the molecule is CCc1ccccc1C(N)c1c(Cl)cnn1C. The maximum atomic E-state index is 6.29. The van der Waals surface area contributed by atoms with Gasteiger partial charge < -0.3 is 5.73 Å². The summed E-state index contributed by atoms with van der Waals surface area (Å²) in [6, 6.07) is 7.94. The second-order valence-electron chi connectivity index (χ2n) is 4.03. The lowest BCUT2D eigenvalue weighted by Crippen LogP contribution is -2.18. The molecule has 2 rings (SSSR count). The van der Waals surface area contributed by atoms with Gasteiger partial charge in [0.25, 0.3) is 0 Å². The lowest BCUT2D eigenvalue weighted by Gasteiger charge is -2.16. The third-order valence-electron chi connectivity index (χ3n) is 3.00. The number of hydrogen-bond acceptors (Lipinski definition) is 2. The summed E-state index contributed by atoms with van der Waals surface area (Å²) in [6.07, 6.45) is 2.59. The average Bonchev–Trinajstić information content (AvgIpc) is 2.68. The molecule has 0 aliphatic carbocycles. The number of rotatable bonds is 3. The minimum atomic E-state index is -0.230. The summed E-state index contributed by atoms with van der Waals surface area (Å²) >= 11 is 6.12. The summed E-state index contributed by atoms with van der Waals surface area (Å²) in [5, 5.41) is 4.74. The Morgan fingerprint density at radius 2 is 2.12 bits per heavy atom. The minimum Gasteiger partial charge on any atom is -0.319 e. The molecule has 1 unspecified atom stereocenters. The van der Waals surface area contributed by atoms with Crippen molar-refractivity contribution in [2.75, 3.05) is 0 Å². The fourth-order valence-electron chi connectivity index (χ4n) is 2.08. The normalized spacial score (nSPS) is 12.7. The molecular formula is C13H16ClN3. The predicted octanol–water partition coefficient (Wildman–Crippen LogP) is 2.68. The number of hydrogen-bond donors (Lipinski definition) is 1. The van der Waals surface area contributed by atoms with Gasteiger partial charge in [-0.05, 0) is 17.5 Å². The van der Waals surface area contributed by atoms with Gasteiger partial charge in [-0.2, -0.15) is 5.10 Å². The molecule has 90 valence electrons. The molecule has 1 atom stereocenters. The van der Waals surface area contributed by atoms with Gasteiger partial charge in [0, 0.05) is 7.05 Å². The Morgan fingerprint density at radius 3 is 2.71 bits per heavy atom. The van der Waals surface area contributed by atoms with E-state index in [-0.39, 0.29) is 6.04 Å². The van der Waals surface area contributed by atoms with Crippen LogP contribution in [0.5, 0.6) is 0 Å². The van der Waals surface area contributed by atoms with Crippen LogP contribution in [0.1, 0.15) is 29.8 Å². The van der Waals surface area contributed by atoms with E-state index in [0.29, 0.717) is 5.02 Å². The number of nitrogens with zero attached hydrogens (tertiary/aromatic N) is 2. The van der Waals surface area contributed by atoms with Crippen LogP contribution in [0.2, 0.25) is 5.02 Å². The van der Waals surface area contributed by atoms with Gasteiger partial charge in [-0.3, -0.25) is 4.68 Å². The van der Waals surface area contributed by atoms with E-state index in [0.717, 1.165) is 17.7 Å². The predicted molar refractivity (Wildman–Crippen MR) is 70.1 cm³/mol. The van der Waals surface area contributed by atoms with Crippen LogP contribution in [0.15, 0.2) is 30.5 Å². The van der Waals surface area contributed by atoms with Gasteiger partial charge in [0.1, 0.15) is 0 Å². The highest BCUT2D eigenvalue weighted by atomic mass is 35.5. The highest BCUT2D eigenvalue weighted by Gasteiger charge is 2.18. The lowest BCUT2D eigenvalue weighted by molar-refractivity contribution is 0.670. The Labute approximate surface area is 106 Å². The number of aryl methyl sites for hydroxylation is 2. The van der Waals surface area contributed by atoms with Crippen LogP contribution in [0.4, 0.5) is 0 Å². The van der Waals surface area contributed by atoms with Crippen molar-refractivity contribution in [1.82, 2.24) is 9.78 Å². The van der Waals surface area contributed by atoms with Crippen molar-refractivity contribution in [3.63, 3.8) is 0 Å². The molecule has 0 saturated heterocycles. The van der Waals surface area contributed by atoms with Crippen LogP contribution >= 0.6 is 11.6 Å². The third kappa shape index (κ3) is 2.21. The van der Waals surface area contributed by atoms with Gasteiger partial charge in [-0.1, -0.05) is 42.8 Å². The molecule has 0 aliphatic heterocycles. The van der Waals surface area contributed by atoms with Gasteiger partial charge >= 0.3 is 0 Å². The first-order chi connectivity index (χ1) is 8.15. The average molecular weight is 250 g/mol. The molecule has 4 heteroatoms. The first-order valence-corrected chi connectivity index (χ1v) is 6.03. The molecule has 2 aromatic rings. The van der Waals surface area contributed by atoms with E-state index in [1.165, 1.54) is 5.56 Å². The van der Waals surface area contributed by atoms with Crippen LogP contribution in [0.25, 0.3) is 0 Å². The summed E-state index contributed by atoms with van der Waals surface area (Å²) < 4.78 is 1.74. The van der Waals surface area contributed by atoms with Crippen LogP contribution in [-0.4, -0.2) is 9.78 Å².